The second kappa shape index (κ2) is 3.78. The Kier molecular flexibility index (Phi) is 2.26. The zero-order valence-electron chi connectivity index (χ0n) is 9.12. The Bertz CT molecular complexity index is 773. The van der Waals surface area contributed by atoms with Gasteiger partial charge in [0.05, 0.1) is 4.53 Å². The maximum Gasteiger partial charge on any atom is 0.291 e. The minimum absolute atomic E-state index is 0.102. The largest absolute Gasteiger partial charge is 0.291 e. The van der Waals surface area contributed by atoms with Gasteiger partial charge in [0.25, 0.3) is 5.56 Å². The van der Waals surface area contributed by atoms with Crippen LogP contribution >= 0.6 is 11.3 Å². The van der Waals surface area contributed by atoms with Gasteiger partial charge in [-0.2, -0.15) is 4.52 Å². The first-order valence-electron chi connectivity index (χ1n) is 5.17. The lowest BCUT2D eigenvalue weighted by Crippen LogP contribution is -2.23. The molecule has 0 atom stereocenters. The van der Waals surface area contributed by atoms with Crippen LogP contribution in [0.2, 0.25) is 0 Å². The van der Waals surface area contributed by atoms with E-state index in [1.165, 1.54) is 15.9 Å². The molecule has 2 heterocycles. The molecular formula is C12H9N3OS. The summed E-state index contributed by atoms with van der Waals surface area (Å²) < 4.78 is 2.01. The highest BCUT2D eigenvalue weighted by Crippen LogP contribution is 2.02. The monoisotopic (exact) mass is 243 g/mol. The number of hydrogen-bond donors (Lipinski definition) is 0. The van der Waals surface area contributed by atoms with E-state index in [2.05, 4.69) is 10.1 Å². The molecule has 0 bridgehead atoms. The van der Waals surface area contributed by atoms with Crippen LogP contribution in [0.15, 0.2) is 35.1 Å². The Hall–Kier alpha value is -2.01. The maximum atomic E-state index is 12.0. The van der Waals surface area contributed by atoms with Crippen molar-refractivity contribution in [1.29, 1.82) is 0 Å². The molecule has 0 fully saturated rings. The van der Waals surface area contributed by atoms with E-state index in [0.717, 1.165) is 5.56 Å². The smallest absolute Gasteiger partial charge is 0.266 e. The minimum Gasteiger partial charge on any atom is -0.266 e. The molecule has 4 nitrogen and oxygen atoms in total. The first kappa shape index (κ1) is 10.2. The van der Waals surface area contributed by atoms with Gasteiger partial charge < -0.3 is 0 Å². The summed E-state index contributed by atoms with van der Waals surface area (Å²) in [5, 5.41) is 4.06. The van der Waals surface area contributed by atoms with E-state index in [9.17, 15) is 4.79 Å². The molecule has 0 unspecified atom stereocenters. The molecule has 5 heteroatoms. The average Bonchev–Trinajstić information content (AvgIpc) is 2.81. The van der Waals surface area contributed by atoms with Crippen molar-refractivity contribution in [2.24, 2.45) is 0 Å². The van der Waals surface area contributed by atoms with Gasteiger partial charge in [0.1, 0.15) is 5.82 Å². The molecule has 0 spiro atoms. The Labute approximate surface area is 101 Å². The zero-order valence-corrected chi connectivity index (χ0v) is 9.94. The average molecular weight is 243 g/mol. The molecule has 0 N–H and O–H groups in total. The van der Waals surface area contributed by atoms with E-state index in [4.69, 9.17) is 0 Å². The molecular weight excluding hydrogens is 234 g/mol. The highest BCUT2D eigenvalue weighted by atomic mass is 32.1. The second-order valence-electron chi connectivity index (χ2n) is 3.68. The minimum atomic E-state index is -0.102. The van der Waals surface area contributed by atoms with E-state index < -0.39 is 0 Å². The van der Waals surface area contributed by atoms with Crippen molar-refractivity contribution < 1.29 is 0 Å². The first-order chi connectivity index (χ1) is 8.24. The van der Waals surface area contributed by atoms with Crippen molar-refractivity contribution in [2.75, 3.05) is 0 Å². The van der Waals surface area contributed by atoms with Crippen molar-refractivity contribution in [1.82, 2.24) is 14.6 Å². The molecule has 2 aromatic heterocycles. The number of nitrogens with zero attached hydrogens (tertiary/aromatic N) is 3. The van der Waals surface area contributed by atoms with Crippen LogP contribution in [0.5, 0.6) is 0 Å². The fourth-order valence-corrected chi connectivity index (χ4v) is 2.59. The summed E-state index contributed by atoms with van der Waals surface area (Å²) in [6.45, 7) is 1.78. The molecule has 0 aliphatic heterocycles. The lowest BCUT2D eigenvalue weighted by molar-refractivity contribution is 0.904. The summed E-state index contributed by atoms with van der Waals surface area (Å²) in [5.74, 6) is 0.625. The molecule has 0 saturated heterocycles. The number of aromatic nitrogens is 3. The fraction of sp³-hybridized carbons (Fsp3) is 0.0833. The van der Waals surface area contributed by atoms with Crippen LogP contribution in [-0.4, -0.2) is 14.6 Å². The van der Waals surface area contributed by atoms with Crippen LogP contribution in [0.25, 0.3) is 11.0 Å². The zero-order chi connectivity index (χ0) is 11.8. The van der Waals surface area contributed by atoms with Gasteiger partial charge in [-0.15, -0.1) is 5.10 Å². The molecule has 84 valence electrons. The van der Waals surface area contributed by atoms with Gasteiger partial charge in [-0.1, -0.05) is 41.7 Å². The lowest BCUT2D eigenvalue weighted by Gasteiger charge is -1.87. The normalized spacial score (nSPS) is 12.4. The van der Waals surface area contributed by atoms with E-state index >= 15 is 0 Å². The standard InChI is InChI=1S/C12H9N3OS/c1-8-13-12-15(14-8)11(16)10(17-12)7-9-5-3-2-4-6-9/h2-7H,1H3/b10-7+. The van der Waals surface area contributed by atoms with Crippen molar-refractivity contribution in [2.45, 2.75) is 6.92 Å². The van der Waals surface area contributed by atoms with Crippen molar-refractivity contribution in [3.05, 3.63) is 56.6 Å². The molecule has 3 rings (SSSR count). The summed E-state index contributed by atoms with van der Waals surface area (Å²) in [6, 6.07) is 9.75. The number of thiazole rings is 1. The molecule has 0 saturated carbocycles. The summed E-state index contributed by atoms with van der Waals surface area (Å²) >= 11 is 1.36. The number of rotatable bonds is 1. The molecule has 17 heavy (non-hydrogen) atoms. The Morgan fingerprint density at radius 2 is 2.06 bits per heavy atom. The van der Waals surface area contributed by atoms with Gasteiger partial charge in [0.2, 0.25) is 4.96 Å². The summed E-state index contributed by atoms with van der Waals surface area (Å²) in [7, 11) is 0. The Morgan fingerprint density at radius 3 is 2.76 bits per heavy atom. The quantitative estimate of drug-likeness (QED) is 0.641. The summed E-state index contributed by atoms with van der Waals surface area (Å²) in [6.07, 6.45) is 1.86. The van der Waals surface area contributed by atoms with Crippen molar-refractivity contribution in [3.8, 4) is 0 Å². The lowest BCUT2D eigenvalue weighted by atomic mass is 10.2. The predicted octanol–water partition coefficient (Wildman–Crippen LogP) is 1.01. The van der Waals surface area contributed by atoms with E-state index in [1.807, 2.05) is 36.4 Å². The summed E-state index contributed by atoms with van der Waals surface area (Å²) in [4.78, 5) is 16.8. The van der Waals surface area contributed by atoms with Crippen molar-refractivity contribution in [3.63, 3.8) is 0 Å². The molecule has 0 radical (unpaired) electrons. The van der Waals surface area contributed by atoms with Gasteiger partial charge >= 0.3 is 0 Å². The molecule has 1 aromatic carbocycles. The maximum absolute atomic E-state index is 12.0. The van der Waals surface area contributed by atoms with Gasteiger partial charge in [-0.25, -0.2) is 4.98 Å². The van der Waals surface area contributed by atoms with Gasteiger partial charge in [-0.3, -0.25) is 4.79 Å². The van der Waals surface area contributed by atoms with Gasteiger partial charge in [0, 0.05) is 0 Å². The van der Waals surface area contributed by atoms with Crippen LogP contribution in [-0.2, 0) is 0 Å². The SMILES string of the molecule is Cc1nc2s/c(=C/c3ccccc3)c(=O)n2n1. The fourth-order valence-electron chi connectivity index (χ4n) is 1.63. The number of benzene rings is 1. The molecule has 0 aliphatic rings. The van der Waals surface area contributed by atoms with Crippen LogP contribution < -0.4 is 10.1 Å². The molecule has 0 amide bonds. The van der Waals surface area contributed by atoms with E-state index in [0.29, 0.717) is 15.3 Å². The predicted molar refractivity (Wildman–Crippen MR) is 67.1 cm³/mol. The van der Waals surface area contributed by atoms with Crippen LogP contribution in [0.3, 0.4) is 0 Å². The Balaban J connectivity index is 2.25. The van der Waals surface area contributed by atoms with Crippen LogP contribution in [0, 0.1) is 6.92 Å². The van der Waals surface area contributed by atoms with Gasteiger partial charge in [0.15, 0.2) is 0 Å². The highest BCUT2D eigenvalue weighted by Gasteiger charge is 2.07. The van der Waals surface area contributed by atoms with Crippen LogP contribution in [0.4, 0.5) is 0 Å². The Morgan fingerprint density at radius 1 is 1.29 bits per heavy atom. The highest BCUT2D eigenvalue weighted by molar-refractivity contribution is 7.15. The first-order valence-corrected chi connectivity index (χ1v) is 5.98. The van der Waals surface area contributed by atoms with E-state index in [-0.39, 0.29) is 5.56 Å². The van der Waals surface area contributed by atoms with Gasteiger partial charge in [-0.05, 0) is 18.6 Å². The third-order valence-electron chi connectivity index (χ3n) is 2.39. The third-order valence-corrected chi connectivity index (χ3v) is 3.34. The molecule has 3 aromatic rings. The summed E-state index contributed by atoms with van der Waals surface area (Å²) in [5.41, 5.74) is 0.903. The second-order valence-corrected chi connectivity index (χ2v) is 4.69. The van der Waals surface area contributed by atoms with E-state index in [1.54, 1.807) is 6.92 Å². The number of hydrogen-bond acceptors (Lipinski definition) is 4. The van der Waals surface area contributed by atoms with Crippen molar-refractivity contribution >= 4 is 22.4 Å². The topological polar surface area (TPSA) is 47.3 Å². The number of fused-ring (bicyclic) bond motifs is 1. The van der Waals surface area contributed by atoms with Crippen LogP contribution in [0.1, 0.15) is 11.4 Å². The third kappa shape index (κ3) is 1.74. The molecule has 0 aliphatic carbocycles. The number of aryl methyl sites for hydroxylation is 1.